The number of aliphatic hydroxyl groups is 1. The number of aliphatic hydroxyl groups excluding tert-OH is 1. The van der Waals surface area contributed by atoms with E-state index in [1.807, 2.05) is 31.3 Å². The summed E-state index contributed by atoms with van der Waals surface area (Å²) in [6, 6.07) is 8.49. The lowest BCUT2D eigenvalue weighted by atomic mass is 10.1. The molecule has 25 heavy (non-hydrogen) atoms. The number of rotatable bonds is 10. The van der Waals surface area contributed by atoms with Crippen molar-refractivity contribution in [2.75, 3.05) is 52.9 Å². The Morgan fingerprint density at radius 1 is 1.12 bits per heavy atom. The molecule has 0 radical (unpaired) electrons. The van der Waals surface area contributed by atoms with E-state index in [0.29, 0.717) is 6.04 Å². The van der Waals surface area contributed by atoms with Crippen molar-refractivity contribution in [3.63, 3.8) is 0 Å². The van der Waals surface area contributed by atoms with Gasteiger partial charge in [-0.1, -0.05) is 12.1 Å². The fourth-order valence-corrected chi connectivity index (χ4v) is 3.22. The van der Waals surface area contributed by atoms with Gasteiger partial charge in [-0.3, -0.25) is 4.90 Å². The molecule has 1 heterocycles. The molecule has 0 spiro atoms. The highest BCUT2D eigenvalue weighted by Crippen LogP contribution is 2.20. The Morgan fingerprint density at radius 2 is 1.80 bits per heavy atom. The van der Waals surface area contributed by atoms with Crippen LogP contribution >= 0.6 is 0 Å². The lowest BCUT2D eigenvalue weighted by molar-refractivity contribution is 0.104. The van der Waals surface area contributed by atoms with Crippen LogP contribution in [-0.4, -0.2) is 73.9 Å². The fraction of sp³-hybridized carbons (Fsp3) is 0.700. The molecular formula is C20H35N3O2. The van der Waals surface area contributed by atoms with Gasteiger partial charge in [0.15, 0.2) is 0 Å². The van der Waals surface area contributed by atoms with Crippen molar-refractivity contribution in [3.8, 4) is 5.75 Å². The quantitative estimate of drug-likeness (QED) is 0.634. The number of nitrogens with one attached hydrogen (secondary N) is 1. The van der Waals surface area contributed by atoms with Gasteiger partial charge >= 0.3 is 0 Å². The molecule has 1 saturated heterocycles. The Balaban J connectivity index is 1.62. The zero-order valence-corrected chi connectivity index (χ0v) is 16.1. The average molecular weight is 350 g/mol. The maximum atomic E-state index is 10.1. The van der Waals surface area contributed by atoms with Crippen LogP contribution in [0.2, 0.25) is 0 Å². The van der Waals surface area contributed by atoms with Crippen LogP contribution in [-0.2, 0) is 0 Å². The first-order chi connectivity index (χ1) is 12.1. The molecule has 1 aliphatic rings. The van der Waals surface area contributed by atoms with Gasteiger partial charge in [-0.15, -0.1) is 0 Å². The highest BCUT2D eigenvalue weighted by molar-refractivity contribution is 5.28. The predicted molar refractivity (Wildman–Crippen MR) is 103 cm³/mol. The third-order valence-corrected chi connectivity index (χ3v) is 4.96. The van der Waals surface area contributed by atoms with Gasteiger partial charge in [-0.05, 0) is 58.0 Å². The normalized spacial score (nSPS) is 17.8. The molecule has 2 rings (SSSR count). The number of nitrogens with zero attached hydrogens (tertiary/aromatic N) is 2. The minimum Gasteiger partial charge on any atom is -0.494 e. The first kappa shape index (κ1) is 20.2. The maximum absolute atomic E-state index is 10.1. The fourth-order valence-electron chi connectivity index (χ4n) is 3.22. The van der Waals surface area contributed by atoms with Crippen LogP contribution in [0.5, 0.6) is 5.75 Å². The molecule has 0 aromatic heterocycles. The van der Waals surface area contributed by atoms with Crippen LogP contribution in [0.4, 0.5) is 0 Å². The molecule has 142 valence electrons. The summed E-state index contributed by atoms with van der Waals surface area (Å²) < 4.78 is 5.84. The van der Waals surface area contributed by atoms with Gasteiger partial charge < -0.3 is 20.1 Å². The zero-order valence-electron chi connectivity index (χ0n) is 16.1. The molecule has 0 aliphatic carbocycles. The summed E-state index contributed by atoms with van der Waals surface area (Å²) >= 11 is 0. The van der Waals surface area contributed by atoms with Gasteiger partial charge in [0.1, 0.15) is 5.75 Å². The van der Waals surface area contributed by atoms with E-state index in [4.69, 9.17) is 4.74 Å². The highest BCUT2D eigenvalue weighted by Gasteiger charge is 2.18. The van der Waals surface area contributed by atoms with Crippen molar-refractivity contribution in [2.24, 2.45) is 0 Å². The molecule has 0 amide bonds. The summed E-state index contributed by atoms with van der Waals surface area (Å²) in [7, 11) is 1.90. The van der Waals surface area contributed by atoms with Crippen LogP contribution < -0.4 is 10.1 Å². The van der Waals surface area contributed by atoms with Crippen molar-refractivity contribution < 1.29 is 9.84 Å². The van der Waals surface area contributed by atoms with Gasteiger partial charge in [0.25, 0.3) is 0 Å². The largest absolute Gasteiger partial charge is 0.494 e. The standard InChI is InChI=1S/C20H35N3O2/c1-17(2)23-14-12-22(13-15-23)11-4-16-25-19-7-5-18(6-8-19)20(24)9-10-21-3/h5-8,17,20-21,24H,4,9-16H2,1-3H3. The van der Waals surface area contributed by atoms with E-state index in [1.54, 1.807) is 0 Å². The lowest BCUT2D eigenvalue weighted by Gasteiger charge is -2.36. The molecule has 1 atom stereocenters. The Morgan fingerprint density at radius 3 is 2.40 bits per heavy atom. The van der Waals surface area contributed by atoms with E-state index in [2.05, 4.69) is 29.0 Å². The molecule has 1 aliphatic heterocycles. The van der Waals surface area contributed by atoms with Crippen molar-refractivity contribution in [3.05, 3.63) is 29.8 Å². The molecule has 1 unspecified atom stereocenters. The monoisotopic (exact) mass is 349 g/mol. The van der Waals surface area contributed by atoms with Crippen molar-refractivity contribution in [1.29, 1.82) is 0 Å². The Hall–Kier alpha value is -1.14. The summed E-state index contributed by atoms with van der Waals surface area (Å²) in [4.78, 5) is 5.07. The van der Waals surface area contributed by atoms with Crippen LogP contribution in [0.3, 0.4) is 0 Å². The predicted octanol–water partition coefficient (Wildman–Crippen LogP) is 2.12. The number of hydrogen-bond acceptors (Lipinski definition) is 5. The molecule has 5 heteroatoms. The second-order valence-corrected chi connectivity index (χ2v) is 7.15. The number of ether oxygens (including phenoxy) is 1. The minimum atomic E-state index is -0.411. The van der Waals surface area contributed by atoms with Gasteiger partial charge in [-0.25, -0.2) is 0 Å². The van der Waals surface area contributed by atoms with Crippen molar-refractivity contribution in [2.45, 2.75) is 38.8 Å². The van der Waals surface area contributed by atoms with E-state index in [9.17, 15) is 5.11 Å². The molecular weight excluding hydrogens is 314 g/mol. The topological polar surface area (TPSA) is 48.0 Å². The second kappa shape index (κ2) is 10.8. The van der Waals surface area contributed by atoms with E-state index in [0.717, 1.165) is 56.9 Å². The molecule has 1 aromatic carbocycles. The molecule has 5 nitrogen and oxygen atoms in total. The summed E-state index contributed by atoms with van der Waals surface area (Å²) in [5, 5.41) is 13.1. The SMILES string of the molecule is CNCCC(O)c1ccc(OCCCN2CCN(C(C)C)CC2)cc1. The molecule has 0 saturated carbocycles. The number of piperazine rings is 1. The number of benzene rings is 1. The molecule has 1 fully saturated rings. The maximum Gasteiger partial charge on any atom is 0.119 e. The first-order valence-corrected chi connectivity index (χ1v) is 9.62. The van der Waals surface area contributed by atoms with Gasteiger partial charge in [0, 0.05) is 38.8 Å². The summed E-state index contributed by atoms with van der Waals surface area (Å²) in [6.45, 7) is 11.9. The lowest BCUT2D eigenvalue weighted by Crippen LogP contribution is -2.49. The Kier molecular flexibility index (Phi) is 8.68. The third-order valence-electron chi connectivity index (χ3n) is 4.96. The summed E-state index contributed by atoms with van der Waals surface area (Å²) in [6.07, 6.45) is 1.36. The highest BCUT2D eigenvalue weighted by atomic mass is 16.5. The smallest absolute Gasteiger partial charge is 0.119 e. The van der Waals surface area contributed by atoms with E-state index in [1.165, 1.54) is 13.1 Å². The molecule has 0 bridgehead atoms. The van der Waals surface area contributed by atoms with E-state index >= 15 is 0 Å². The van der Waals surface area contributed by atoms with Gasteiger partial charge in [0.05, 0.1) is 12.7 Å². The van der Waals surface area contributed by atoms with E-state index < -0.39 is 6.10 Å². The van der Waals surface area contributed by atoms with Gasteiger partial charge in [-0.2, -0.15) is 0 Å². The van der Waals surface area contributed by atoms with Crippen LogP contribution in [0.25, 0.3) is 0 Å². The van der Waals surface area contributed by atoms with Crippen molar-refractivity contribution >= 4 is 0 Å². The van der Waals surface area contributed by atoms with Crippen LogP contribution in [0, 0.1) is 0 Å². The summed E-state index contributed by atoms with van der Waals surface area (Å²) in [5.74, 6) is 0.884. The molecule has 2 N–H and O–H groups in total. The van der Waals surface area contributed by atoms with Gasteiger partial charge in [0.2, 0.25) is 0 Å². The van der Waals surface area contributed by atoms with Crippen LogP contribution in [0.15, 0.2) is 24.3 Å². The number of hydrogen-bond donors (Lipinski definition) is 2. The summed E-state index contributed by atoms with van der Waals surface area (Å²) in [5.41, 5.74) is 0.950. The third kappa shape index (κ3) is 6.94. The Bertz CT molecular complexity index is 470. The second-order valence-electron chi connectivity index (χ2n) is 7.15. The molecule has 1 aromatic rings. The first-order valence-electron chi connectivity index (χ1n) is 9.62. The van der Waals surface area contributed by atoms with Crippen LogP contribution in [0.1, 0.15) is 38.4 Å². The van der Waals surface area contributed by atoms with E-state index in [-0.39, 0.29) is 0 Å². The zero-order chi connectivity index (χ0) is 18.1. The average Bonchev–Trinajstić information content (AvgIpc) is 2.64. The minimum absolute atomic E-state index is 0.411. The Labute approximate surface area is 153 Å². The van der Waals surface area contributed by atoms with Crippen molar-refractivity contribution in [1.82, 2.24) is 15.1 Å².